The minimum Gasteiger partial charge on any atom is -0.460 e. The summed E-state index contributed by atoms with van der Waals surface area (Å²) in [7, 11) is 0. The monoisotopic (exact) mass is 413 g/mol. The Morgan fingerprint density at radius 1 is 0.767 bits per heavy atom. The van der Waals surface area contributed by atoms with Gasteiger partial charge in [0, 0.05) is 19.6 Å². The van der Waals surface area contributed by atoms with Crippen LogP contribution in [0.2, 0.25) is 0 Å². The Morgan fingerprint density at radius 2 is 1.27 bits per heavy atom. The van der Waals surface area contributed by atoms with Gasteiger partial charge in [-0.3, -0.25) is 9.69 Å². The van der Waals surface area contributed by atoms with Gasteiger partial charge in [-0.25, -0.2) is 0 Å². The normalized spacial score (nSPS) is 11.6. The minimum atomic E-state index is -0.453. The zero-order valence-corrected chi connectivity index (χ0v) is 18.5. The summed E-state index contributed by atoms with van der Waals surface area (Å²) in [5.74, 6) is -0.235. The van der Waals surface area contributed by atoms with E-state index in [1.807, 2.05) is 32.9 Å². The highest BCUT2D eigenvalue weighted by molar-refractivity contribution is 5.69. The zero-order valence-electron chi connectivity index (χ0n) is 18.5. The molecule has 5 nitrogen and oxygen atoms in total. The molecule has 0 amide bonds. The van der Waals surface area contributed by atoms with Gasteiger partial charge in [-0.05, 0) is 31.9 Å². The lowest BCUT2D eigenvalue weighted by Crippen LogP contribution is -2.27. The van der Waals surface area contributed by atoms with Gasteiger partial charge in [-0.15, -0.1) is 0 Å². The Morgan fingerprint density at radius 3 is 1.77 bits per heavy atom. The van der Waals surface area contributed by atoms with Crippen molar-refractivity contribution < 1.29 is 19.0 Å². The van der Waals surface area contributed by atoms with Crippen molar-refractivity contribution in [3.8, 4) is 0 Å². The van der Waals surface area contributed by atoms with Gasteiger partial charge in [0.1, 0.15) is 5.60 Å². The SMILES string of the molecule is CC(C)(C)OC(=O)CCOCCOCCN(Cc1ccccc1)Cc1ccccc1. The van der Waals surface area contributed by atoms with Gasteiger partial charge in [-0.1, -0.05) is 60.7 Å². The number of hydrogen-bond donors (Lipinski definition) is 0. The molecule has 0 spiro atoms. The summed E-state index contributed by atoms with van der Waals surface area (Å²) < 4.78 is 16.5. The van der Waals surface area contributed by atoms with Crippen LogP contribution in [0.15, 0.2) is 60.7 Å². The third-order valence-electron chi connectivity index (χ3n) is 4.29. The Labute approximate surface area is 180 Å². The molecule has 0 aliphatic heterocycles. The van der Waals surface area contributed by atoms with Crippen molar-refractivity contribution >= 4 is 5.97 Å². The average Bonchev–Trinajstić information content (AvgIpc) is 2.70. The lowest BCUT2D eigenvalue weighted by molar-refractivity contribution is -0.156. The summed E-state index contributed by atoms with van der Waals surface area (Å²) in [5, 5.41) is 0. The van der Waals surface area contributed by atoms with Gasteiger partial charge < -0.3 is 14.2 Å². The summed E-state index contributed by atoms with van der Waals surface area (Å²) >= 11 is 0. The van der Waals surface area contributed by atoms with E-state index in [2.05, 4.69) is 53.4 Å². The Kier molecular flexibility index (Phi) is 10.6. The highest BCUT2D eigenvalue weighted by atomic mass is 16.6. The molecule has 0 N–H and O–H groups in total. The van der Waals surface area contributed by atoms with Crippen molar-refractivity contribution in [2.75, 3.05) is 33.0 Å². The molecule has 0 radical (unpaired) electrons. The topological polar surface area (TPSA) is 48.0 Å². The third kappa shape index (κ3) is 11.1. The maximum absolute atomic E-state index is 11.6. The molecule has 0 saturated heterocycles. The molecule has 0 heterocycles. The second-order valence-corrected chi connectivity index (χ2v) is 8.24. The van der Waals surface area contributed by atoms with Crippen LogP contribution in [0.3, 0.4) is 0 Å². The number of hydrogen-bond acceptors (Lipinski definition) is 5. The average molecular weight is 414 g/mol. The van der Waals surface area contributed by atoms with Crippen LogP contribution in [0.5, 0.6) is 0 Å². The molecule has 2 rings (SSSR count). The standard InChI is InChI=1S/C25H35NO4/c1-25(2,3)30-24(27)14-16-28-18-19-29-17-15-26(20-22-10-6-4-7-11-22)21-23-12-8-5-9-13-23/h4-13H,14-21H2,1-3H3. The fourth-order valence-electron chi connectivity index (χ4n) is 2.96. The van der Waals surface area contributed by atoms with E-state index in [4.69, 9.17) is 14.2 Å². The van der Waals surface area contributed by atoms with Crippen molar-refractivity contribution in [1.82, 2.24) is 4.90 Å². The quantitative estimate of drug-likeness (QED) is 0.359. The van der Waals surface area contributed by atoms with Gasteiger partial charge in [0.05, 0.1) is 32.8 Å². The molecule has 0 unspecified atom stereocenters. The number of benzene rings is 2. The second-order valence-electron chi connectivity index (χ2n) is 8.24. The van der Waals surface area contributed by atoms with Crippen LogP contribution in [0.25, 0.3) is 0 Å². The molecule has 0 saturated carbocycles. The fourth-order valence-corrected chi connectivity index (χ4v) is 2.96. The van der Waals surface area contributed by atoms with Crippen molar-refractivity contribution in [3.63, 3.8) is 0 Å². The first kappa shape index (κ1) is 24.1. The summed E-state index contributed by atoms with van der Waals surface area (Å²) in [6, 6.07) is 21.0. The van der Waals surface area contributed by atoms with E-state index in [0.29, 0.717) is 26.4 Å². The molecular formula is C25H35NO4. The van der Waals surface area contributed by atoms with E-state index in [9.17, 15) is 4.79 Å². The first-order valence-corrected chi connectivity index (χ1v) is 10.6. The minimum absolute atomic E-state index is 0.235. The molecular weight excluding hydrogens is 378 g/mol. The van der Waals surface area contributed by atoms with E-state index in [1.165, 1.54) is 11.1 Å². The summed E-state index contributed by atoms with van der Waals surface area (Å²) in [5.41, 5.74) is 2.13. The van der Waals surface area contributed by atoms with Crippen LogP contribution in [-0.2, 0) is 32.1 Å². The number of esters is 1. The van der Waals surface area contributed by atoms with Gasteiger partial charge in [0.2, 0.25) is 0 Å². The van der Waals surface area contributed by atoms with Crippen LogP contribution in [0, 0.1) is 0 Å². The smallest absolute Gasteiger partial charge is 0.308 e. The first-order valence-electron chi connectivity index (χ1n) is 10.6. The molecule has 0 aliphatic carbocycles. The number of nitrogens with zero attached hydrogens (tertiary/aromatic N) is 1. The fraction of sp³-hybridized carbons (Fsp3) is 0.480. The highest BCUT2D eigenvalue weighted by Gasteiger charge is 2.15. The molecule has 0 aliphatic rings. The van der Waals surface area contributed by atoms with E-state index in [-0.39, 0.29) is 12.4 Å². The van der Waals surface area contributed by atoms with Gasteiger partial charge in [-0.2, -0.15) is 0 Å². The predicted molar refractivity (Wildman–Crippen MR) is 119 cm³/mol. The molecule has 30 heavy (non-hydrogen) atoms. The highest BCUT2D eigenvalue weighted by Crippen LogP contribution is 2.10. The van der Waals surface area contributed by atoms with Crippen molar-refractivity contribution in [3.05, 3.63) is 71.8 Å². The van der Waals surface area contributed by atoms with E-state index >= 15 is 0 Å². The molecule has 2 aromatic carbocycles. The molecule has 2 aromatic rings. The van der Waals surface area contributed by atoms with Crippen molar-refractivity contribution in [2.24, 2.45) is 0 Å². The lowest BCUT2D eigenvalue weighted by atomic mass is 10.1. The van der Waals surface area contributed by atoms with E-state index in [1.54, 1.807) is 0 Å². The van der Waals surface area contributed by atoms with Gasteiger partial charge >= 0.3 is 5.97 Å². The lowest BCUT2D eigenvalue weighted by Gasteiger charge is -2.22. The number of ether oxygens (including phenoxy) is 3. The van der Waals surface area contributed by atoms with Crippen LogP contribution in [-0.4, -0.2) is 49.4 Å². The molecule has 0 atom stereocenters. The van der Waals surface area contributed by atoms with Crippen molar-refractivity contribution in [2.45, 2.75) is 45.9 Å². The van der Waals surface area contributed by atoms with E-state index in [0.717, 1.165) is 19.6 Å². The number of carbonyl (C=O) groups excluding carboxylic acids is 1. The maximum atomic E-state index is 11.6. The first-order chi connectivity index (χ1) is 14.4. The number of carbonyl (C=O) groups is 1. The maximum Gasteiger partial charge on any atom is 0.308 e. The second kappa shape index (κ2) is 13.2. The zero-order chi connectivity index (χ0) is 21.7. The Hall–Kier alpha value is -2.21. The molecule has 164 valence electrons. The van der Waals surface area contributed by atoms with Crippen LogP contribution < -0.4 is 0 Å². The largest absolute Gasteiger partial charge is 0.460 e. The third-order valence-corrected chi connectivity index (χ3v) is 4.29. The summed E-state index contributed by atoms with van der Waals surface area (Å²) in [4.78, 5) is 14.0. The molecule has 0 fully saturated rings. The van der Waals surface area contributed by atoms with Crippen LogP contribution >= 0.6 is 0 Å². The molecule has 5 heteroatoms. The summed E-state index contributed by atoms with van der Waals surface area (Å²) in [6.45, 7) is 10.1. The predicted octanol–water partition coefficient (Wildman–Crippen LogP) is 4.45. The van der Waals surface area contributed by atoms with Crippen LogP contribution in [0.4, 0.5) is 0 Å². The van der Waals surface area contributed by atoms with Crippen LogP contribution in [0.1, 0.15) is 38.3 Å². The van der Waals surface area contributed by atoms with Crippen molar-refractivity contribution in [1.29, 1.82) is 0 Å². The van der Waals surface area contributed by atoms with E-state index < -0.39 is 5.60 Å². The molecule has 0 aromatic heterocycles. The van der Waals surface area contributed by atoms with Gasteiger partial charge in [0.25, 0.3) is 0 Å². The Bertz CT molecular complexity index is 671. The molecule has 0 bridgehead atoms. The number of rotatable bonds is 13. The Balaban J connectivity index is 1.64. The summed E-state index contributed by atoms with van der Waals surface area (Å²) in [6.07, 6.45) is 0.263. The van der Waals surface area contributed by atoms with Gasteiger partial charge in [0.15, 0.2) is 0 Å².